The zero-order valence-corrected chi connectivity index (χ0v) is 16.2. The number of amides is 1. The number of hydrogen-bond donors (Lipinski definition) is 0. The van der Waals surface area contributed by atoms with Crippen LogP contribution >= 0.6 is 11.3 Å². The fourth-order valence-electron chi connectivity index (χ4n) is 3.15. The van der Waals surface area contributed by atoms with Crippen molar-refractivity contribution in [3.05, 3.63) is 69.3 Å². The van der Waals surface area contributed by atoms with Crippen LogP contribution in [-0.4, -0.2) is 25.0 Å². The van der Waals surface area contributed by atoms with E-state index in [1.54, 1.807) is 25.1 Å². The van der Waals surface area contributed by atoms with Crippen molar-refractivity contribution in [2.45, 2.75) is 27.0 Å². The number of rotatable bonds is 5. The Bertz CT molecular complexity index is 964. The quantitative estimate of drug-likeness (QED) is 0.626. The third-order valence-electron chi connectivity index (χ3n) is 4.50. The van der Waals surface area contributed by atoms with E-state index in [1.165, 1.54) is 23.0 Å². The Balaban J connectivity index is 1.96. The molecule has 5 heteroatoms. The average Bonchev–Trinajstić information content (AvgIpc) is 2.97. The number of nitrogens with zero attached hydrogens (tertiary/aromatic N) is 1. The minimum Gasteiger partial charge on any atom is -0.380 e. The molecule has 0 unspecified atom stereocenters. The number of hydrogen-bond acceptors (Lipinski definition) is 3. The van der Waals surface area contributed by atoms with Crippen LogP contribution in [0.3, 0.4) is 0 Å². The molecular weight excluding hydrogens is 349 g/mol. The second-order valence-electron chi connectivity index (χ2n) is 6.55. The molecule has 1 heterocycles. The summed E-state index contributed by atoms with van der Waals surface area (Å²) in [5, 5.41) is 0.489. The highest BCUT2D eigenvalue weighted by atomic mass is 32.1. The first kappa shape index (κ1) is 18.5. The molecule has 2 aromatic carbocycles. The number of halogens is 1. The molecular formula is C21H22FNO2S. The molecule has 0 N–H and O–H groups in total. The molecule has 1 amide bonds. The summed E-state index contributed by atoms with van der Waals surface area (Å²) in [4.78, 5) is 15.3. The van der Waals surface area contributed by atoms with Crippen LogP contribution in [0.2, 0.25) is 0 Å². The van der Waals surface area contributed by atoms with Crippen molar-refractivity contribution >= 4 is 27.3 Å². The zero-order valence-electron chi connectivity index (χ0n) is 15.4. The van der Waals surface area contributed by atoms with E-state index in [9.17, 15) is 9.18 Å². The van der Waals surface area contributed by atoms with Crippen molar-refractivity contribution in [1.82, 2.24) is 4.90 Å². The van der Waals surface area contributed by atoms with Gasteiger partial charge in [0, 0.05) is 36.4 Å². The first-order valence-electron chi connectivity index (χ1n) is 8.42. The summed E-state index contributed by atoms with van der Waals surface area (Å²) in [6.07, 6.45) is 0. The fourth-order valence-corrected chi connectivity index (χ4v) is 4.36. The van der Waals surface area contributed by atoms with E-state index in [2.05, 4.69) is 19.1 Å². The first-order valence-corrected chi connectivity index (χ1v) is 9.24. The summed E-state index contributed by atoms with van der Waals surface area (Å²) < 4.78 is 20.3. The summed E-state index contributed by atoms with van der Waals surface area (Å²) in [5.41, 5.74) is 4.09. The molecule has 0 bridgehead atoms. The molecule has 26 heavy (non-hydrogen) atoms. The van der Waals surface area contributed by atoms with E-state index in [0.29, 0.717) is 22.4 Å². The maximum absolute atomic E-state index is 14.3. The fraction of sp³-hybridized carbons (Fsp3) is 0.286. The molecule has 0 aliphatic carbocycles. The van der Waals surface area contributed by atoms with Crippen LogP contribution in [0.15, 0.2) is 36.4 Å². The van der Waals surface area contributed by atoms with Gasteiger partial charge >= 0.3 is 0 Å². The molecule has 0 radical (unpaired) electrons. The van der Waals surface area contributed by atoms with Gasteiger partial charge in [-0.2, -0.15) is 0 Å². The lowest BCUT2D eigenvalue weighted by molar-refractivity contribution is 0.0785. The summed E-state index contributed by atoms with van der Waals surface area (Å²) in [6.45, 7) is 4.81. The number of ether oxygens (including phenoxy) is 1. The number of thiophene rings is 1. The molecule has 3 nitrogen and oxygen atoms in total. The number of carbonyl (C=O) groups is 1. The maximum atomic E-state index is 14.3. The van der Waals surface area contributed by atoms with Gasteiger partial charge in [0.25, 0.3) is 5.91 Å². The Morgan fingerprint density at radius 3 is 2.69 bits per heavy atom. The van der Waals surface area contributed by atoms with Gasteiger partial charge in [-0.3, -0.25) is 4.79 Å². The monoisotopic (exact) mass is 371 g/mol. The molecule has 0 saturated heterocycles. The Labute approximate surface area is 157 Å². The highest BCUT2D eigenvalue weighted by molar-refractivity contribution is 7.21. The van der Waals surface area contributed by atoms with Gasteiger partial charge in [-0.25, -0.2) is 4.39 Å². The zero-order chi connectivity index (χ0) is 18.8. The third-order valence-corrected chi connectivity index (χ3v) is 5.68. The number of fused-ring (bicyclic) bond motifs is 1. The van der Waals surface area contributed by atoms with Crippen LogP contribution in [0.4, 0.5) is 4.39 Å². The second kappa shape index (κ2) is 7.56. The highest BCUT2D eigenvalue weighted by Gasteiger charge is 2.23. The molecule has 0 saturated carbocycles. The lowest BCUT2D eigenvalue weighted by atomic mass is 10.1. The normalized spacial score (nSPS) is 11.1. The van der Waals surface area contributed by atoms with Gasteiger partial charge in [0.2, 0.25) is 0 Å². The summed E-state index contributed by atoms with van der Waals surface area (Å²) >= 11 is 1.32. The predicted octanol–water partition coefficient (Wildman–Crippen LogP) is 5.08. The van der Waals surface area contributed by atoms with Crippen molar-refractivity contribution < 1.29 is 13.9 Å². The largest absolute Gasteiger partial charge is 0.380 e. The molecule has 0 aliphatic heterocycles. The molecule has 0 atom stereocenters. The van der Waals surface area contributed by atoms with Crippen molar-refractivity contribution in [1.29, 1.82) is 0 Å². The van der Waals surface area contributed by atoms with Gasteiger partial charge in [-0.15, -0.1) is 11.3 Å². The van der Waals surface area contributed by atoms with Gasteiger partial charge in [0.1, 0.15) is 5.82 Å². The Hall–Kier alpha value is -2.24. The van der Waals surface area contributed by atoms with Crippen molar-refractivity contribution in [2.75, 3.05) is 14.2 Å². The van der Waals surface area contributed by atoms with Gasteiger partial charge in [0.05, 0.1) is 11.5 Å². The topological polar surface area (TPSA) is 29.5 Å². The van der Waals surface area contributed by atoms with Gasteiger partial charge in [0.15, 0.2) is 0 Å². The van der Waals surface area contributed by atoms with Gasteiger partial charge in [-0.05, 0) is 37.1 Å². The van der Waals surface area contributed by atoms with E-state index in [0.717, 1.165) is 15.8 Å². The Morgan fingerprint density at radius 2 is 2.00 bits per heavy atom. The van der Waals surface area contributed by atoms with Gasteiger partial charge < -0.3 is 9.64 Å². The molecule has 0 spiro atoms. The highest BCUT2D eigenvalue weighted by Crippen LogP contribution is 2.34. The lowest BCUT2D eigenvalue weighted by Gasteiger charge is -2.19. The minimum atomic E-state index is -0.318. The van der Waals surface area contributed by atoms with Crippen LogP contribution in [0, 0.1) is 19.7 Å². The summed E-state index contributed by atoms with van der Waals surface area (Å²) in [6, 6.07) is 11.1. The van der Waals surface area contributed by atoms with E-state index in [4.69, 9.17) is 4.74 Å². The molecule has 136 valence electrons. The van der Waals surface area contributed by atoms with Crippen LogP contribution in [0.25, 0.3) is 10.1 Å². The van der Waals surface area contributed by atoms with Crippen LogP contribution in [-0.2, 0) is 17.9 Å². The number of carbonyl (C=O) groups excluding carboxylic acids is 1. The lowest BCUT2D eigenvalue weighted by Crippen LogP contribution is -2.26. The number of aryl methyl sites for hydroxylation is 2. The molecule has 1 aromatic heterocycles. The first-order chi connectivity index (χ1) is 12.4. The maximum Gasteiger partial charge on any atom is 0.264 e. The van der Waals surface area contributed by atoms with Gasteiger partial charge in [-0.1, -0.05) is 29.8 Å². The summed E-state index contributed by atoms with van der Waals surface area (Å²) in [5.74, 6) is -0.431. The van der Waals surface area contributed by atoms with E-state index < -0.39 is 0 Å². The SMILES string of the molecule is COCc1c(C(=O)N(C)Cc2ccc(C)cc2C)sc2cccc(F)c12. The van der Waals surface area contributed by atoms with E-state index in [-0.39, 0.29) is 18.3 Å². The standard InChI is InChI=1S/C21H22FNO2S/c1-13-8-9-15(14(2)10-13)11-23(3)21(24)20-16(12-25-4)19-17(22)6-5-7-18(19)26-20/h5-10H,11-12H2,1-4H3. The number of methoxy groups -OCH3 is 1. The Kier molecular flexibility index (Phi) is 5.39. The van der Waals surface area contributed by atoms with Crippen LogP contribution in [0.1, 0.15) is 31.9 Å². The van der Waals surface area contributed by atoms with Crippen molar-refractivity contribution in [3.8, 4) is 0 Å². The average molecular weight is 371 g/mol. The van der Waals surface area contributed by atoms with Crippen molar-refractivity contribution in [3.63, 3.8) is 0 Å². The predicted molar refractivity (Wildman–Crippen MR) is 104 cm³/mol. The van der Waals surface area contributed by atoms with Crippen molar-refractivity contribution in [2.24, 2.45) is 0 Å². The second-order valence-corrected chi connectivity index (χ2v) is 7.60. The van der Waals surface area contributed by atoms with E-state index >= 15 is 0 Å². The van der Waals surface area contributed by atoms with Crippen LogP contribution in [0.5, 0.6) is 0 Å². The number of benzene rings is 2. The minimum absolute atomic E-state index is 0.113. The molecule has 0 fully saturated rings. The third kappa shape index (κ3) is 3.50. The molecule has 0 aliphatic rings. The molecule has 3 aromatic rings. The molecule has 3 rings (SSSR count). The van der Waals surface area contributed by atoms with E-state index in [1.807, 2.05) is 19.1 Å². The smallest absolute Gasteiger partial charge is 0.264 e. The van der Waals surface area contributed by atoms with Crippen LogP contribution < -0.4 is 0 Å². The Morgan fingerprint density at radius 1 is 1.23 bits per heavy atom. The summed E-state index contributed by atoms with van der Waals surface area (Å²) in [7, 11) is 3.33.